The Hall–Kier alpha value is -2.87. The first kappa shape index (κ1) is 22.3. The van der Waals surface area contributed by atoms with E-state index in [1.54, 1.807) is 23.1 Å². The van der Waals surface area contributed by atoms with Crippen molar-refractivity contribution < 1.29 is 9.53 Å². The summed E-state index contributed by atoms with van der Waals surface area (Å²) < 4.78 is 7.59. The Kier molecular flexibility index (Phi) is 6.79. The molecule has 6 nitrogen and oxygen atoms in total. The van der Waals surface area contributed by atoms with Gasteiger partial charge in [-0.05, 0) is 54.1 Å². The molecule has 0 atom stereocenters. The van der Waals surface area contributed by atoms with Crippen molar-refractivity contribution in [3.8, 4) is 5.75 Å². The fraction of sp³-hybridized carbons (Fsp3) is 0.174. The minimum Gasteiger partial charge on any atom is -0.488 e. The maximum absolute atomic E-state index is 12.6. The lowest BCUT2D eigenvalue weighted by molar-refractivity contribution is 0.102. The highest BCUT2D eigenvalue weighted by molar-refractivity contribution is 7.12. The monoisotopic (exact) mass is 486 g/mol. The van der Waals surface area contributed by atoms with Gasteiger partial charge in [-0.3, -0.25) is 10.1 Å². The number of carbonyl (C=O) groups is 1. The van der Waals surface area contributed by atoms with Crippen LogP contribution in [0.2, 0.25) is 10.0 Å². The summed E-state index contributed by atoms with van der Waals surface area (Å²) in [6.07, 6.45) is 1.55. The topological polar surface area (TPSA) is 69.0 Å². The number of carbonyl (C=O) groups excluding carboxylic acids is 1. The van der Waals surface area contributed by atoms with Gasteiger partial charge in [0.25, 0.3) is 5.91 Å². The molecule has 2 aromatic carbocycles. The Bertz CT molecular complexity index is 1250. The second kappa shape index (κ2) is 9.73. The molecule has 2 heterocycles. The number of amides is 1. The van der Waals surface area contributed by atoms with Crippen LogP contribution in [0.25, 0.3) is 0 Å². The largest absolute Gasteiger partial charge is 0.488 e. The SMILES string of the molecule is Cc1cccc(C)c1OCc1csc(C(=O)Nc2ncn(Cc3ccc(Cl)c(Cl)c3)n2)c1. The van der Waals surface area contributed by atoms with Crippen molar-refractivity contribution in [2.24, 2.45) is 0 Å². The van der Waals surface area contributed by atoms with Gasteiger partial charge in [-0.25, -0.2) is 9.67 Å². The molecule has 0 aliphatic rings. The van der Waals surface area contributed by atoms with Crippen molar-refractivity contribution in [2.75, 3.05) is 5.32 Å². The van der Waals surface area contributed by atoms with E-state index in [0.717, 1.165) is 28.0 Å². The predicted molar refractivity (Wildman–Crippen MR) is 128 cm³/mol. The number of benzene rings is 2. The smallest absolute Gasteiger partial charge is 0.268 e. The van der Waals surface area contributed by atoms with E-state index in [-0.39, 0.29) is 11.9 Å². The molecule has 0 saturated heterocycles. The Morgan fingerprint density at radius 2 is 1.88 bits per heavy atom. The van der Waals surface area contributed by atoms with Gasteiger partial charge in [0.2, 0.25) is 5.95 Å². The van der Waals surface area contributed by atoms with Crippen molar-refractivity contribution in [3.63, 3.8) is 0 Å². The number of hydrogen-bond acceptors (Lipinski definition) is 5. The standard InChI is InChI=1S/C23H20Cl2N4O2S/c1-14-4-3-5-15(2)21(14)31-11-17-9-20(32-12-17)22(30)27-23-26-13-29(28-23)10-16-6-7-18(24)19(25)8-16/h3-9,12-13H,10-11H2,1-2H3,(H,27,28,30). The first-order chi connectivity index (χ1) is 15.4. The van der Waals surface area contributed by atoms with Crippen LogP contribution >= 0.6 is 34.5 Å². The van der Waals surface area contributed by atoms with Crippen LogP contribution in [0.4, 0.5) is 5.95 Å². The lowest BCUT2D eigenvalue weighted by Crippen LogP contribution is -2.12. The van der Waals surface area contributed by atoms with Crippen LogP contribution in [0.5, 0.6) is 5.75 Å². The first-order valence-electron chi connectivity index (χ1n) is 9.80. The zero-order valence-corrected chi connectivity index (χ0v) is 19.8. The number of nitrogens with one attached hydrogen (secondary N) is 1. The molecular formula is C23H20Cl2N4O2S. The van der Waals surface area contributed by atoms with Crippen LogP contribution in [0.1, 0.15) is 31.9 Å². The third-order valence-corrected chi connectivity index (χ3v) is 6.48. The number of ether oxygens (including phenoxy) is 1. The van der Waals surface area contributed by atoms with Gasteiger partial charge >= 0.3 is 0 Å². The molecular weight excluding hydrogens is 467 g/mol. The summed E-state index contributed by atoms with van der Waals surface area (Å²) in [5.74, 6) is 0.846. The van der Waals surface area contributed by atoms with Gasteiger partial charge in [-0.15, -0.1) is 16.4 Å². The van der Waals surface area contributed by atoms with E-state index in [1.165, 1.54) is 11.3 Å². The van der Waals surface area contributed by atoms with Crippen molar-refractivity contribution in [2.45, 2.75) is 27.0 Å². The normalized spacial score (nSPS) is 10.9. The van der Waals surface area contributed by atoms with Gasteiger partial charge in [-0.1, -0.05) is 47.5 Å². The molecule has 0 fully saturated rings. The van der Waals surface area contributed by atoms with Gasteiger partial charge in [0, 0.05) is 5.56 Å². The van der Waals surface area contributed by atoms with Crippen molar-refractivity contribution in [3.05, 3.63) is 91.3 Å². The van der Waals surface area contributed by atoms with Crippen molar-refractivity contribution in [1.29, 1.82) is 0 Å². The number of halogens is 2. The molecule has 4 aromatic rings. The van der Waals surface area contributed by atoms with E-state index in [4.69, 9.17) is 27.9 Å². The zero-order chi connectivity index (χ0) is 22.7. The van der Waals surface area contributed by atoms with Crippen molar-refractivity contribution in [1.82, 2.24) is 14.8 Å². The van der Waals surface area contributed by atoms with Crippen molar-refractivity contribution >= 4 is 46.4 Å². The summed E-state index contributed by atoms with van der Waals surface area (Å²) in [6, 6.07) is 13.2. The molecule has 9 heteroatoms. The van der Waals surface area contributed by atoms with Crippen LogP contribution in [0.3, 0.4) is 0 Å². The molecule has 0 unspecified atom stereocenters. The molecule has 2 aromatic heterocycles. The molecule has 0 radical (unpaired) electrons. The molecule has 164 valence electrons. The number of aryl methyl sites for hydroxylation is 2. The number of thiophene rings is 1. The zero-order valence-electron chi connectivity index (χ0n) is 17.4. The van der Waals surface area contributed by atoms with E-state index in [0.29, 0.717) is 28.1 Å². The van der Waals surface area contributed by atoms with E-state index >= 15 is 0 Å². The summed E-state index contributed by atoms with van der Waals surface area (Å²) >= 11 is 13.4. The average Bonchev–Trinajstić information content (AvgIpc) is 3.40. The van der Waals surface area contributed by atoms with Gasteiger partial charge in [0.15, 0.2) is 0 Å². The second-order valence-corrected chi connectivity index (χ2v) is 9.02. The van der Waals surface area contributed by atoms with E-state index in [1.807, 2.05) is 49.6 Å². The molecule has 1 amide bonds. The lowest BCUT2D eigenvalue weighted by Gasteiger charge is -2.10. The minimum absolute atomic E-state index is 0.233. The Labute approximate surface area is 199 Å². The number of para-hydroxylation sites is 1. The molecule has 0 spiro atoms. The lowest BCUT2D eigenvalue weighted by atomic mass is 10.1. The fourth-order valence-electron chi connectivity index (χ4n) is 3.17. The van der Waals surface area contributed by atoms with Gasteiger partial charge in [-0.2, -0.15) is 0 Å². The molecule has 0 bridgehead atoms. The summed E-state index contributed by atoms with van der Waals surface area (Å²) in [5.41, 5.74) is 4.02. The van der Waals surface area contributed by atoms with Crippen LogP contribution < -0.4 is 10.1 Å². The summed E-state index contributed by atoms with van der Waals surface area (Å²) in [5, 5.41) is 9.93. The second-order valence-electron chi connectivity index (χ2n) is 7.30. The van der Waals surface area contributed by atoms with Gasteiger partial charge < -0.3 is 4.74 Å². The molecule has 4 rings (SSSR count). The van der Waals surface area contributed by atoms with Gasteiger partial charge in [0.1, 0.15) is 18.7 Å². The summed E-state index contributed by atoms with van der Waals surface area (Å²) in [4.78, 5) is 17.3. The minimum atomic E-state index is -0.263. The Morgan fingerprint density at radius 3 is 2.62 bits per heavy atom. The molecule has 0 aliphatic carbocycles. The number of rotatable bonds is 7. The molecule has 32 heavy (non-hydrogen) atoms. The number of nitrogens with zero attached hydrogens (tertiary/aromatic N) is 3. The highest BCUT2D eigenvalue weighted by Crippen LogP contribution is 2.25. The van der Waals surface area contributed by atoms with Crippen LogP contribution in [-0.2, 0) is 13.2 Å². The Morgan fingerprint density at radius 1 is 1.09 bits per heavy atom. The first-order valence-corrected chi connectivity index (χ1v) is 11.4. The Balaban J connectivity index is 1.35. The molecule has 0 saturated carbocycles. The highest BCUT2D eigenvalue weighted by Gasteiger charge is 2.13. The van der Waals surface area contributed by atoms with Crippen LogP contribution in [-0.4, -0.2) is 20.7 Å². The average molecular weight is 487 g/mol. The summed E-state index contributed by atoms with van der Waals surface area (Å²) in [7, 11) is 0. The maximum atomic E-state index is 12.6. The third-order valence-electron chi connectivity index (χ3n) is 4.76. The molecule has 0 aliphatic heterocycles. The predicted octanol–water partition coefficient (Wildman–Crippen LogP) is 6.14. The molecule has 1 N–H and O–H groups in total. The quantitative estimate of drug-likeness (QED) is 0.340. The number of aromatic nitrogens is 3. The highest BCUT2D eigenvalue weighted by atomic mass is 35.5. The number of hydrogen-bond donors (Lipinski definition) is 1. The van der Waals surface area contributed by atoms with Gasteiger partial charge in [0.05, 0.1) is 21.5 Å². The van der Waals surface area contributed by atoms with Crippen LogP contribution in [0.15, 0.2) is 54.2 Å². The van der Waals surface area contributed by atoms with E-state index < -0.39 is 0 Å². The summed E-state index contributed by atoms with van der Waals surface area (Å²) in [6.45, 7) is 4.88. The third kappa shape index (κ3) is 5.30. The maximum Gasteiger partial charge on any atom is 0.268 e. The van der Waals surface area contributed by atoms with E-state index in [2.05, 4.69) is 15.4 Å². The fourth-order valence-corrected chi connectivity index (χ4v) is 4.28. The number of anilines is 1. The van der Waals surface area contributed by atoms with E-state index in [9.17, 15) is 4.79 Å². The van der Waals surface area contributed by atoms with Crippen LogP contribution in [0, 0.1) is 13.8 Å².